The third kappa shape index (κ3) is 1.21. The zero-order chi connectivity index (χ0) is 8.39. The molecule has 0 bridgehead atoms. The lowest BCUT2D eigenvalue weighted by molar-refractivity contribution is 0.816. The van der Waals surface area contributed by atoms with Crippen molar-refractivity contribution in [3.05, 3.63) is 24.3 Å². The van der Waals surface area contributed by atoms with Crippen LogP contribution in [0.3, 0.4) is 0 Å². The van der Waals surface area contributed by atoms with Gasteiger partial charge >= 0.3 is 0 Å². The summed E-state index contributed by atoms with van der Waals surface area (Å²) < 4.78 is 1.98. The number of rotatable bonds is 3. The Morgan fingerprint density at radius 2 is 2.50 bits per heavy atom. The summed E-state index contributed by atoms with van der Waals surface area (Å²) >= 11 is 0. The van der Waals surface area contributed by atoms with E-state index in [-0.39, 0.29) is 0 Å². The van der Waals surface area contributed by atoms with Gasteiger partial charge in [0.05, 0.1) is 0 Å². The molecule has 0 atom stereocenters. The number of aromatic amines is 1. The Balaban J connectivity index is 2.21. The van der Waals surface area contributed by atoms with Crippen molar-refractivity contribution in [2.45, 2.75) is 12.8 Å². The van der Waals surface area contributed by atoms with Crippen LogP contribution in [0.2, 0.25) is 0 Å². The average molecular weight is 164 g/mol. The molecule has 0 amide bonds. The molecular formula is C8H12N4. The summed E-state index contributed by atoms with van der Waals surface area (Å²) in [6.07, 6.45) is 7.78. The molecule has 2 aromatic rings. The van der Waals surface area contributed by atoms with Gasteiger partial charge in [-0.3, -0.25) is 4.40 Å². The summed E-state index contributed by atoms with van der Waals surface area (Å²) in [5.41, 5.74) is 6.61. The summed E-state index contributed by atoms with van der Waals surface area (Å²) in [7, 11) is 0. The molecule has 2 rings (SSSR count). The number of imidazole rings is 2. The van der Waals surface area contributed by atoms with Crippen LogP contribution in [0.15, 0.2) is 18.6 Å². The average Bonchev–Trinajstić information content (AvgIpc) is 2.58. The molecular weight excluding hydrogens is 152 g/mol. The summed E-state index contributed by atoms with van der Waals surface area (Å²) in [6.45, 7) is 0.737. The lowest BCUT2D eigenvalue weighted by Crippen LogP contribution is -2.00. The first-order valence-electron chi connectivity index (χ1n) is 4.11. The smallest absolute Gasteiger partial charge is 0.211 e. The SMILES string of the molecule is NCCCc1cn2ccnc2[nH]1. The fraction of sp³-hybridized carbons (Fsp3) is 0.375. The van der Waals surface area contributed by atoms with Crippen LogP contribution < -0.4 is 5.73 Å². The molecule has 0 aliphatic carbocycles. The third-order valence-electron chi connectivity index (χ3n) is 1.89. The number of hydrogen-bond donors (Lipinski definition) is 2. The number of aromatic nitrogens is 3. The minimum absolute atomic E-state index is 0.737. The van der Waals surface area contributed by atoms with Crippen LogP contribution in [-0.4, -0.2) is 20.9 Å². The highest BCUT2D eigenvalue weighted by atomic mass is 15.1. The van der Waals surface area contributed by atoms with Gasteiger partial charge in [-0.1, -0.05) is 0 Å². The number of aryl methyl sites for hydroxylation is 1. The molecule has 0 radical (unpaired) electrons. The van der Waals surface area contributed by atoms with Crippen molar-refractivity contribution in [2.24, 2.45) is 5.73 Å². The van der Waals surface area contributed by atoms with Crippen molar-refractivity contribution < 1.29 is 0 Å². The Morgan fingerprint density at radius 1 is 1.58 bits per heavy atom. The van der Waals surface area contributed by atoms with Crippen LogP contribution in [0.25, 0.3) is 5.78 Å². The highest BCUT2D eigenvalue weighted by Crippen LogP contribution is 2.03. The number of nitrogens with one attached hydrogen (secondary N) is 1. The molecule has 0 spiro atoms. The first kappa shape index (κ1) is 7.36. The monoisotopic (exact) mass is 164 g/mol. The number of nitrogens with two attached hydrogens (primary N) is 1. The largest absolute Gasteiger partial charge is 0.330 e. The van der Waals surface area contributed by atoms with E-state index in [0.717, 1.165) is 25.2 Å². The highest BCUT2D eigenvalue weighted by molar-refractivity contribution is 5.30. The molecule has 0 aliphatic rings. The number of fused-ring (bicyclic) bond motifs is 1. The number of H-pyrrole nitrogens is 1. The van der Waals surface area contributed by atoms with Crippen LogP contribution in [-0.2, 0) is 6.42 Å². The molecule has 0 saturated heterocycles. The van der Waals surface area contributed by atoms with E-state index in [2.05, 4.69) is 16.2 Å². The molecule has 4 nitrogen and oxygen atoms in total. The topological polar surface area (TPSA) is 59.1 Å². The van der Waals surface area contributed by atoms with Gasteiger partial charge in [0.25, 0.3) is 0 Å². The molecule has 0 unspecified atom stereocenters. The first-order valence-corrected chi connectivity index (χ1v) is 4.11. The minimum atomic E-state index is 0.737. The summed E-state index contributed by atoms with van der Waals surface area (Å²) in [5, 5.41) is 0. The van der Waals surface area contributed by atoms with E-state index < -0.39 is 0 Å². The van der Waals surface area contributed by atoms with Gasteiger partial charge in [0.15, 0.2) is 0 Å². The zero-order valence-corrected chi connectivity index (χ0v) is 6.83. The quantitative estimate of drug-likeness (QED) is 0.696. The maximum absolute atomic E-state index is 5.41. The normalized spacial score (nSPS) is 11.1. The number of hydrogen-bond acceptors (Lipinski definition) is 2. The molecule has 2 aromatic heterocycles. The van der Waals surface area contributed by atoms with Gasteiger partial charge in [0.1, 0.15) is 0 Å². The molecule has 0 aliphatic heterocycles. The molecule has 0 saturated carbocycles. The molecule has 0 fully saturated rings. The van der Waals surface area contributed by atoms with E-state index in [9.17, 15) is 0 Å². The van der Waals surface area contributed by atoms with Crippen LogP contribution in [0.1, 0.15) is 12.1 Å². The van der Waals surface area contributed by atoms with Gasteiger partial charge in [-0.2, -0.15) is 0 Å². The highest BCUT2D eigenvalue weighted by Gasteiger charge is 1.98. The standard InChI is InChI=1S/C8H12N4/c9-3-1-2-7-6-12-5-4-10-8(12)11-7/h4-6H,1-3,9H2,(H,10,11). The maximum Gasteiger partial charge on any atom is 0.211 e. The predicted molar refractivity (Wildman–Crippen MR) is 46.9 cm³/mol. The summed E-state index contributed by atoms with van der Waals surface area (Å²) in [5.74, 6) is 0.905. The molecule has 12 heavy (non-hydrogen) atoms. The van der Waals surface area contributed by atoms with Crippen LogP contribution in [0.4, 0.5) is 0 Å². The molecule has 4 heteroatoms. The van der Waals surface area contributed by atoms with Crippen LogP contribution in [0, 0.1) is 0 Å². The predicted octanol–water partition coefficient (Wildman–Crippen LogP) is 0.554. The van der Waals surface area contributed by atoms with Crippen molar-refractivity contribution in [3.8, 4) is 0 Å². The number of nitrogens with zero attached hydrogens (tertiary/aromatic N) is 2. The van der Waals surface area contributed by atoms with Gasteiger partial charge in [-0.15, -0.1) is 0 Å². The lowest BCUT2D eigenvalue weighted by Gasteiger charge is -1.91. The van der Waals surface area contributed by atoms with E-state index in [1.165, 1.54) is 5.69 Å². The molecule has 0 aromatic carbocycles. The van der Waals surface area contributed by atoms with Crippen molar-refractivity contribution >= 4 is 5.78 Å². The Bertz CT molecular complexity index is 331. The van der Waals surface area contributed by atoms with E-state index in [0.29, 0.717) is 0 Å². The van der Waals surface area contributed by atoms with Crippen LogP contribution in [0.5, 0.6) is 0 Å². The Morgan fingerprint density at radius 3 is 3.25 bits per heavy atom. The van der Waals surface area contributed by atoms with E-state index >= 15 is 0 Å². The first-order chi connectivity index (χ1) is 5.90. The maximum atomic E-state index is 5.41. The fourth-order valence-electron chi connectivity index (χ4n) is 1.28. The van der Waals surface area contributed by atoms with E-state index in [4.69, 9.17) is 5.73 Å². The second kappa shape index (κ2) is 2.98. The Labute approximate surface area is 70.4 Å². The second-order valence-electron chi connectivity index (χ2n) is 2.83. The van der Waals surface area contributed by atoms with Crippen molar-refractivity contribution in [2.75, 3.05) is 6.54 Å². The van der Waals surface area contributed by atoms with Gasteiger partial charge in [-0.05, 0) is 19.4 Å². The van der Waals surface area contributed by atoms with E-state index in [1.54, 1.807) is 6.20 Å². The second-order valence-corrected chi connectivity index (χ2v) is 2.83. The Kier molecular flexibility index (Phi) is 1.83. The van der Waals surface area contributed by atoms with Crippen LogP contribution >= 0.6 is 0 Å². The van der Waals surface area contributed by atoms with Crippen molar-refractivity contribution in [1.82, 2.24) is 14.4 Å². The van der Waals surface area contributed by atoms with Crippen molar-refractivity contribution in [1.29, 1.82) is 0 Å². The molecule has 64 valence electrons. The zero-order valence-electron chi connectivity index (χ0n) is 6.83. The Hall–Kier alpha value is -1.29. The molecule has 3 N–H and O–H groups in total. The van der Waals surface area contributed by atoms with Gasteiger partial charge in [0, 0.05) is 24.3 Å². The van der Waals surface area contributed by atoms with Crippen molar-refractivity contribution in [3.63, 3.8) is 0 Å². The minimum Gasteiger partial charge on any atom is -0.330 e. The van der Waals surface area contributed by atoms with Gasteiger partial charge < -0.3 is 10.7 Å². The van der Waals surface area contributed by atoms with E-state index in [1.807, 2.05) is 10.6 Å². The summed E-state index contributed by atoms with van der Waals surface area (Å²) in [6, 6.07) is 0. The van der Waals surface area contributed by atoms with Gasteiger partial charge in [0.2, 0.25) is 5.78 Å². The lowest BCUT2D eigenvalue weighted by atomic mass is 10.2. The molecule has 2 heterocycles. The van der Waals surface area contributed by atoms with Gasteiger partial charge in [-0.25, -0.2) is 4.98 Å². The third-order valence-corrected chi connectivity index (χ3v) is 1.89. The fourth-order valence-corrected chi connectivity index (χ4v) is 1.28. The summed E-state index contributed by atoms with van der Waals surface area (Å²) in [4.78, 5) is 7.33.